The number of ether oxygens (including phenoxy) is 11. The summed E-state index contributed by atoms with van der Waals surface area (Å²) in [7, 11) is 0. The number of carbonyl (C=O) groups excluding carboxylic acids is 2. The number of aldehydes is 1. The number of hydrogen-bond acceptors (Lipinski definition) is 15. The molecule has 0 unspecified atom stereocenters. The van der Waals surface area contributed by atoms with Crippen molar-refractivity contribution in [2.24, 2.45) is 0 Å². The van der Waals surface area contributed by atoms with E-state index in [1.165, 1.54) is 0 Å². The third kappa shape index (κ3) is 33.2. The molecule has 0 saturated carbocycles. The van der Waals surface area contributed by atoms with E-state index in [9.17, 15) is 9.59 Å². The number of aryl methyl sites for hydroxylation is 1. The van der Waals surface area contributed by atoms with Crippen LogP contribution in [0.15, 0.2) is 6.20 Å². The lowest BCUT2D eigenvalue weighted by Crippen LogP contribution is -2.28. The number of nitrogens with zero attached hydrogens (tertiary/aromatic N) is 3. The summed E-state index contributed by atoms with van der Waals surface area (Å²) in [5, 5.41) is 11.0. The largest absolute Gasteiger partial charge is 0.377 e. The number of alkyl halides is 1. The molecule has 1 aromatic heterocycles. The van der Waals surface area contributed by atoms with Gasteiger partial charge < -0.3 is 62.2 Å². The van der Waals surface area contributed by atoms with Crippen LogP contribution in [0, 0.1) is 0 Å². The summed E-state index contributed by atoms with van der Waals surface area (Å²) in [6.45, 7) is 11.8. The fourth-order valence-corrected chi connectivity index (χ4v) is 3.74. The third-order valence-corrected chi connectivity index (χ3v) is 6.49. The Labute approximate surface area is 298 Å². The minimum atomic E-state index is -0.0598. The average Bonchev–Trinajstić information content (AvgIpc) is 3.57. The maximum Gasteiger partial charge on any atom is 0.230 e. The van der Waals surface area contributed by atoms with E-state index in [1.807, 2.05) is 6.20 Å². The molecule has 1 aromatic rings. The van der Waals surface area contributed by atoms with Gasteiger partial charge in [-0.15, -0.1) is 5.10 Å². The highest BCUT2D eigenvalue weighted by Gasteiger charge is 2.01. The number of hydrogen-bond donors (Lipinski definition) is 1. The summed E-state index contributed by atoms with van der Waals surface area (Å²) in [6.07, 6.45) is 3.76. The molecule has 0 aliphatic carbocycles. The molecule has 286 valence electrons. The maximum atomic E-state index is 11.0. The Kier molecular flexibility index (Phi) is 34.8. The van der Waals surface area contributed by atoms with Crippen molar-refractivity contribution in [3.63, 3.8) is 0 Å². The van der Waals surface area contributed by atoms with Crippen LogP contribution in [0.3, 0.4) is 0 Å². The topological polar surface area (TPSA) is 178 Å². The van der Waals surface area contributed by atoms with Crippen molar-refractivity contribution in [3.05, 3.63) is 11.9 Å². The Hall–Kier alpha value is -1.68. The Balaban J connectivity index is 1.64. The predicted octanol–water partition coefficient (Wildman–Crippen LogP) is 0.103. The molecule has 0 aromatic carbocycles. The van der Waals surface area contributed by atoms with Crippen molar-refractivity contribution in [1.82, 2.24) is 20.3 Å². The summed E-state index contributed by atoms with van der Waals surface area (Å²) in [5.41, 5.74) is 0.804. The quantitative estimate of drug-likeness (QED) is 0.0539. The summed E-state index contributed by atoms with van der Waals surface area (Å²) in [6, 6.07) is 0. The van der Waals surface area contributed by atoms with Gasteiger partial charge in [0.2, 0.25) is 5.91 Å². The minimum absolute atomic E-state index is 0.0598. The predicted molar refractivity (Wildman–Crippen MR) is 180 cm³/mol. The van der Waals surface area contributed by atoms with Gasteiger partial charge in [0, 0.05) is 19.2 Å². The zero-order valence-electron chi connectivity index (χ0n) is 28.8. The van der Waals surface area contributed by atoms with Gasteiger partial charge in [-0.3, -0.25) is 4.79 Å². The average molecular weight is 774 g/mol. The first kappa shape index (κ1) is 45.3. The van der Waals surface area contributed by atoms with Crippen molar-refractivity contribution in [2.45, 2.75) is 19.4 Å². The van der Waals surface area contributed by atoms with Crippen molar-refractivity contribution in [1.29, 1.82) is 0 Å². The van der Waals surface area contributed by atoms with Crippen LogP contribution in [0.1, 0.15) is 12.1 Å². The van der Waals surface area contributed by atoms with E-state index in [-0.39, 0.29) is 5.91 Å². The molecule has 0 aliphatic heterocycles. The van der Waals surface area contributed by atoms with E-state index < -0.39 is 0 Å². The van der Waals surface area contributed by atoms with E-state index in [1.54, 1.807) is 4.68 Å². The Bertz CT molecular complexity index is 860. The van der Waals surface area contributed by atoms with Crippen LogP contribution in [0.25, 0.3) is 0 Å². The molecule has 0 radical (unpaired) electrons. The van der Waals surface area contributed by atoms with Gasteiger partial charge >= 0.3 is 0 Å². The van der Waals surface area contributed by atoms with Gasteiger partial charge in [0.15, 0.2) is 0 Å². The Morgan fingerprint density at radius 1 is 0.592 bits per heavy atom. The van der Waals surface area contributed by atoms with E-state index >= 15 is 0 Å². The highest BCUT2D eigenvalue weighted by atomic mass is 79.9. The minimum Gasteiger partial charge on any atom is -0.377 e. The Morgan fingerprint density at radius 3 is 1.29 bits per heavy atom. The van der Waals surface area contributed by atoms with Gasteiger partial charge in [0.05, 0.1) is 163 Å². The van der Waals surface area contributed by atoms with E-state index in [4.69, 9.17) is 52.1 Å². The van der Waals surface area contributed by atoms with Crippen LogP contribution in [-0.4, -0.2) is 184 Å². The second kappa shape index (κ2) is 37.6. The van der Waals surface area contributed by atoms with Crippen molar-refractivity contribution in [2.75, 3.05) is 157 Å². The molecule has 0 saturated heterocycles. The Morgan fingerprint density at radius 2 is 0.939 bits per heavy atom. The van der Waals surface area contributed by atoms with Crippen LogP contribution >= 0.6 is 15.9 Å². The lowest BCUT2D eigenvalue weighted by atomic mass is 10.3. The van der Waals surface area contributed by atoms with Crippen molar-refractivity contribution in [3.8, 4) is 0 Å². The summed E-state index contributed by atoms with van der Waals surface area (Å²) < 4.78 is 61.8. The van der Waals surface area contributed by atoms with Crippen LogP contribution in [0.4, 0.5) is 0 Å². The molecule has 0 bridgehead atoms. The van der Waals surface area contributed by atoms with Gasteiger partial charge in [0.1, 0.15) is 6.29 Å². The second-order valence-electron chi connectivity index (χ2n) is 9.90. The highest BCUT2D eigenvalue weighted by molar-refractivity contribution is 9.09. The second-order valence-corrected chi connectivity index (χ2v) is 10.5. The highest BCUT2D eigenvalue weighted by Crippen LogP contribution is 1.97. The molecule has 0 atom stereocenters. The van der Waals surface area contributed by atoms with Crippen LogP contribution in [0.5, 0.6) is 0 Å². The number of aromatic nitrogens is 3. The van der Waals surface area contributed by atoms with Crippen LogP contribution in [-0.2, 0) is 74.7 Å². The molecule has 49 heavy (non-hydrogen) atoms. The lowest BCUT2D eigenvalue weighted by Gasteiger charge is -2.09. The molecule has 0 aliphatic rings. The van der Waals surface area contributed by atoms with E-state index in [0.29, 0.717) is 177 Å². The summed E-state index contributed by atoms with van der Waals surface area (Å²) in [4.78, 5) is 21.4. The first-order valence-corrected chi connectivity index (χ1v) is 17.9. The van der Waals surface area contributed by atoms with Crippen LogP contribution in [0.2, 0.25) is 0 Å². The monoisotopic (exact) mass is 772 g/mol. The number of carbonyl (C=O) groups is 2. The van der Waals surface area contributed by atoms with Crippen molar-refractivity contribution >= 4 is 28.1 Å². The van der Waals surface area contributed by atoms with Gasteiger partial charge in [-0.05, 0) is 6.42 Å². The molecular formula is C31H57BrN4O13. The lowest BCUT2D eigenvalue weighted by molar-refractivity contribution is -0.118. The zero-order valence-corrected chi connectivity index (χ0v) is 30.4. The maximum absolute atomic E-state index is 11.0. The molecule has 0 spiro atoms. The molecule has 1 N–H and O–H groups in total. The van der Waals surface area contributed by atoms with Crippen molar-refractivity contribution < 1.29 is 61.7 Å². The smallest absolute Gasteiger partial charge is 0.230 e. The molecular weight excluding hydrogens is 716 g/mol. The van der Waals surface area contributed by atoms with Gasteiger partial charge in [-0.2, -0.15) is 0 Å². The van der Waals surface area contributed by atoms with E-state index in [2.05, 4.69) is 31.6 Å². The molecule has 1 amide bonds. The first-order chi connectivity index (χ1) is 24.3. The van der Waals surface area contributed by atoms with E-state index in [0.717, 1.165) is 12.0 Å². The zero-order chi connectivity index (χ0) is 35.1. The number of halogens is 1. The molecule has 1 rings (SSSR count). The SMILES string of the molecule is O=CCCc1cn(CCOCCOCCOCCOCCOCCOCCOCCOCCOCCOCCOCCNC(=O)CBr)nn1. The fourth-order valence-electron chi connectivity index (χ4n) is 3.54. The van der Waals surface area contributed by atoms with Gasteiger partial charge in [0.25, 0.3) is 0 Å². The van der Waals surface area contributed by atoms with Crippen LogP contribution < -0.4 is 5.32 Å². The first-order valence-electron chi connectivity index (χ1n) is 16.8. The summed E-state index contributed by atoms with van der Waals surface area (Å²) in [5.74, 6) is -0.0598. The van der Waals surface area contributed by atoms with Gasteiger partial charge in [-0.1, -0.05) is 21.1 Å². The molecule has 17 nitrogen and oxygen atoms in total. The molecule has 1 heterocycles. The third-order valence-electron chi connectivity index (χ3n) is 5.98. The number of rotatable bonds is 40. The summed E-state index contributed by atoms with van der Waals surface area (Å²) >= 11 is 3.08. The normalized spacial score (nSPS) is 11.4. The number of nitrogens with one attached hydrogen (secondary N) is 1. The standard InChI is InChI=1S/C31H57BrN4O13/c32-28-31(38)33-3-6-39-8-10-41-12-14-43-16-18-45-20-22-47-24-26-49-27-25-48-23-21-46-19-17-44-15-13-42-11-9-40-7-4-36-29-30(34-35-36)2-1-5-37/h5,29H,1-4,6-28H2,(H,33,38). The molecule has 18 heteroatoms. The van der Waals surface area contributed by atoms with Gasteiger partial charge in [-0.25, -0.2) is 4.68 Å². The number of amides is 1. The fraction of sp³-hybridized carbons (Fsp3) is 0.871. The molecule has 0 fully saturated rings.